The van der Waals surface area contributed by atoms with E-state index in [4.69, 9.17) is 21.1 Å². The number of esters is 1. The molecule has 0 aliphatic rings. The van der Waals surface area contributed by atoms with Gasteiger partial charge in [0.05, 0.1) is 17.1 Å². The van der Waals surface area contributed by atoms with Gasteiger partial charge in [-0.3, -0.25) is 9.48 Å². The minimum absolute atomic E-state index is 0.302. The molecule has 1 aromatic carbocycles. The molecule has 7 nitrogen and oxygen atoms in total. The molecular weight excluding hydrogens is 358 g/mol. The van der Waals surface area contributed by atoms with Gasteiger partial charge in [-0.15, -0.1) is 0 Å². The van der Waals surface area contributed by atoms with Crippen LogP contribution in [-0.4, -0.2) is 34.4 Å². The Morgan fingerprint density at radius 3 is 2.58 bits per heavy atom. The molecule has 0 radical (unpaired) electrons. The summed E-state index contributed by atoms with van der Waals surface area (Å²) in [6.07, 6.45) is -0.961. The van der Waals surface area contributed by atoms with Gasteiger partial charge in [0.1, 0.15) is 5.75 Å². The third-order valence-electron chi connectivity index (χ3n) is 3.92. The predicted octanol–water partition coefficient (Wildman–Crippen LogP) is 2.95. The summed E-state index contributed by atoms with van der Waals surface area (Å²) >= 11 is 5.94. The molecule has 1 amide bonds. The van der Waals surface area contributed by atoms with E-state index < -0.39 is 18.0 Å². The topological polar surface area (TPSA) is 82.4 Å². The summed E-state index contributed by atoms with van der Waals surface area (Å²) in [5.41, 5.74) is 2.97. The van der Waals surface area contributed by atoms with Crippen LogP contribution in [0.5, 0.6) is 5.75 Å². The Hall–Kier alpha value is -2.54. The van der Waals surface area contributed by atoms with Gasteiger partial charge in [0.2, 0.25) is 0 Å². The van der Waals surface area contributed by atoms with Crippen LogP contribution in [0.2, 0.25) is 5.02 Å². The zero-order valence-corrected chi connectivity index (χ0v) is 16.2. The average molecular weight is 380 g/mol. The number of hydrogen-bond donors (Lipinski definition) is 1. The van der Waals surface area contributed by atoms with Crippen LogP contribution in [0, 0.1) is 20.8 Å². The summed E-state index contributed by atoms with van der Waals surface area (Å²) in [5.74, 6) is -0.567. The van der Waals surface area contributed by atoms with Gasteiger partial charge in [0.15, 0.2) is 12.7 Å². The van der Waals surface area contributed by atoms with E-state index in [1.54, 1.807) is 36.9 Å². The highest BCUT2D eigenvalue weighted by atomic mass is 35.5. The molecule has 0 bridgehead atoms. The minimum atomic E-state index is -0.961. The Bertz CT molecular complexity index is 832. The summed E-state index contributed by atoms with van der Waals surface area (Å²) < 4.78 is 12.2. The first-order chi connectivity index (χ1) is 12.2. The molecule has 0 fully saturated rings. The van der Waals surface area contributed by atoms with Crippen molar-refractivity contribution in [2.75, 3.05) is 11.9 Å². The molecule has 1 heterocycles. The van der Waals surface area contributed by atoms with E-state index in [0.717, 1.165) is 11.3 Å². The van der Waals surface area contributed by atoms with E-state index in [0.29, 0.717) is 22.2 Å². The number of carbonyl (C=O) groups excluding carboxylic acids is 2. The Morgan fingerprint density at radius 2 is 2.00 bits per heavy atom. The standard InChI is InChI=1S/C18H22ClN3O4/c1-10-8-14(6-7-15(10)19)25-9-16(23)26-13(4)18(24)20-17-11(2)21-22(5)12(17)3/h6-8,13H,9H2,1-5H3,(H,20,24)/t13-/m0/s1. The summed E-state index contributed by atoms with van der Waals surface area (Å²) in [6, 6.07) is 5.07. The van der Waals surface area contributed by atoms with E-state index in [9.17, 15) is 9.59 Å². The summed E-state index contributed by atoms with van der Waals surface area (Å²) in [6.45, 7) is 6.67. The third kappa shape index (κ3) is 4.76. The quantitative estimate of drug-likeness (QED) is 0.780. The summed E-state index contributed by atoms with van der Waals surface area (Å²) in [4.78, 5) is 24.1. The molecule has 0 saturated carbocycles. The van der Waals surface area contributed by atoms with Gasteiger partial charge < -0.3 is 14.8 Å². The van der Waals surface area contributed by atoms with Crippen molar-refractivity contribution in [2.24, 2.45) is 7.05 Å². The second kappa shape index (κ2) is 8.23. The number of nitrogens with zero attached hydrogens (tertiary/aromatic N) is 2. The fraction of sp³-hybridized carbons (Fsp3) is 0.389. The van der Waals surface area contributed by atoms with Gasteiger partial charge in [-0.1, -0.05) is 11.6 Å². The lowest BCUT2D eigenvalue weighted by Gasteiger charge is -2.14. The second-order valence-electron chi connectivity index (χ2n) is 5.99. The monoisotopic (exact) mass is 379 g/mol. The van der Waals surface area contributed by atoms with Crippen LogP contribution < -0.4 is 10.1 Å². The smallest absolute Gasteiger partial charge is 0.344 e. The number of hydrogen-bond acceptors (Lipinski definition) is 5. The van der Waals surface area contributed by atoms with Gasteiger partial charge in [-0.05, 0) is 51.5 Å². The maximum absolute atomic E-state index is 12.2. The molecule has 1 atom stereocenters. The minimum Gasteiger partial charge on any atom is -0.482 e. The van der Waals surface area contributed by atoms with Gasteiger partial charge in [0.25, 0.3) is 5.91 Å². The van der Waals surface area contributed by atoms with Crippen molar-refractivity contribution in [2.45, 2.75) is 33.8 Å². The van der Waals surface area contributed by atoms with Crippen LogP contribution in [0.1, 0.15) is 23.9 Å². The maximum Gasteiger partial charge on any atom is 0.344 e. The Balaban J connectivity index is 1.87. The molecule has 140 valence electrons. The number of aryl methyl sites for hydroxylation is 3. The maximum atomic E-state index is 12.2. The second-order valence-corrected chi connectivity index (χ2v) is 6.40. The molecule has 2 aromatic rings. The first-order valence-electron chi connectivity index (χ1n) is 8.08. The van der Waals surface area contributed by atoms with Gasteiger partial charge in [0, 0.05) is 12.1 Å². The third-order valence-corrected chi connectivity index (χ3v) is 4.34. The van der Waals surface area contributed by atoms with Crippen molar-refractivity contribution in [3.63, 3.8) is 0 Å². The number of nitrogens with one attached hydrogen (secondary N) is 1. The zero-order valence-electron chi connectivity index (χ0n) is 15.4. The average Bonchev–Trinajstić information content (AvgIpc) is 2.82. The molecule has 0 aliphatic carbocycles. The van der Waals surface area contributed by atoms with Crippen LogP contribution in [0.25, 0.3) is 0 Å². The van der Waals surface area contributed by atoms with Gasteiger partial charge >= 0.3 is 5.97 Å². The molecule has 0 saturated heterocycles. The van der Waals surface area contributed by atoms with E-state index >= 15 is 0 Å². The first kappa shape index (κ1) is 19.8. The molecule has 0 unspecified atom stereocenters. The van der Waals surface area contributed by atoms with Gasteiger partial charge in [-0.25, -0.2) is 4.79 Å². The predicted molar refractivity (Wildman–Crippen MR) is 98.5 cm³/mol. The molecule has 2 rings (SSSR count). The zero-order chi connectivity index (χ0) is 19.4. The molecule has 0 spiro atoms. The Labute approximate surface area is 157 Å². The van der Waals surface area contributed by atoms with Gasteiger partial charge in [-0.2, -0.15) is 5.10 Å². The molecule has 26 heavy (non-hydrogen) atoms. The first-order valence-corrected chi connectivity index (χ1v) is 8.46. The van der Waals surface area contributed by atoms with Crippen molar-refractivity contribution in [1.29, 1.82) is 0 Å². The lowest BCUT2D eigenvalue weighted by molar-refractivity contribution is -0.155. The number of rotatable bonds is 6. The molecule has 8 heteroatoms. The molecule has 1 N–H and O–H groups in total. The number of anilines is 1. The fourth-order valence-corrected chi connectivity index (χ4v) is 2.43. The Kier molecular flexibility index (Phi) is 6.26. The van der Waals surface area contributed by atoms with E-state index in [1.165, 1.54) is 6.92 Å². The van der Waals surface area contributed by atoms with Crippen LogP contribution in [-0.2, 0) is 21.4 Å². The van der Waals surface area contributed by atoms with E-state index in [-0.39, 0.29) is 6.61 Å². The molecular formula is C18H22ClN3O4. The van der Waals surface area contributed by atoms with Crippen molar-refractivity contribution in [3.8, 4) is 5.75 Å². The normalized spacial score (nSPS) is 11.8. The van der Waals surface area contributed by atoms with Crippen molar-refractivity contribution in [1.82, 2.24) is 9.78 Å². The van der Waals surface area contributed by atoms with E-state index in [1.807, 2.05) is 13.8 Å². The number of benzene rings is 1. The van der Waals surface area contributed by atoms with Crippen molar-refractivity contribution < 1.29 is 19.1 Å². The summed E-state index contributed by atoms with van der Waals surface area (Å²) in [7, 11) is 1.79. The SMILES string of the molecule is Cc1cc(OCC(=O)O[C@@H](C)C(=O)Nc2c(C)nn(C)c2C)ccc1Cl. The van der Waals surface area contributed by atoms with Crippen molar-refractivity contribution >= 4 is 29.2 Å². The van der Waals surface area contributed by atoms with Crippen LogP contribution in [0.15, 0.2) is 18.2 Å². The highest BCUT2D eigenvalue weighted by Gasteiger charge is 2.21. The number of aromatic nitrogens is 2. The van der Waals surface area contributed by atoms with Crippen LogP contribution in [0.4, 0.5) is 5.69 Å². The fourth-order valence-electron chi connectivity index (χ4n) is 2.31. The van der Waals surface area contributed by atoms with Crippen LogP contribution in [0.3, 0.4) is 0 Å². The number of ether oxygens (including phenoxy) is 2. The lowest BCUT2D eigenvalue weighted by Crippen LogP contribution is -2.32. The largest absolute Gasteiger partial charge is 0.482 e. The molecule has 0 aliphatic heterocycles. The van der Waals surface area contributed by atoms with Crippen molar-refractivity contribution in [3.05, 3.63) is 40.2 Å². The number of carbonyl (C=O) groups is 2. The highest BCUT2D eigenvalue weighted by Crippen LogP contribution is 2.21. The number of halogens is 1. The van der Waals surface area contributed by atoms with Crippen LogP contribution >= 0.6 is 11.6 Å². The number of amides is 1. The highest BCUT2D eigenvalue weighted by molar-refractivity contribution is 6.31. The Morgan fingerprint density at radius 1 is 1.31 bits per heavy atom. The molecule has 1 aromatic heterocycles. The lowest BCUT2D eigenvalue weighted by atomic mass is 10.2. The van der Waals surface area contributed by atoms with E-state index in [2.05, 4.69) is 10.4 Å². The summed E-state index contributed by atoms with van der Waals surface area (Å²) in [5, 5.41) is 7.58.